The van der Waals surface area contributed by atoms with E-state index in [9.17, 15) is 4.79 Å². The standard InChI is InChI=1S/C15H23N3OS.2ClH/c1-9-17-12-4-3-5-13(14(12)20-9)18(2)15(19)10-6-7-11(16)8-10;;/h10-11,13H,3-8,16H2,1-2H3;2*1H. The molecule has 0 radical (unpaired) electrons. The van der Waals surface area contributed by atoms with E-state index in [0.717, 1.165) is 43.5 Å². The second-order valence-corrected chi connectivity index (χ2v) is 7.41. The van der Waals surface area contributed by atoms with E-state index in [1.54, 1.807) is 11.3 Å². The van der Waals surface area contributed by atoms with Crippen LogP contribution in [-0.4, -0.2) is 28.9 Å². The number of thiazole rings is 1. The highest BCUT2D eigenvalue weighted by molar-refractivity contribution is 7.11. The third-order valence-corrected chi connectivity index (χ3v) is 5.78. The molecule has 22 heavy (non-hydrogen) atoms. The SMILES string of the molecule is Cc1nc2c(s1)C(N(C)C(=O)C1CCC(N)C1)CCC2.Cl.Cl. The minimum atomic E-state index is 0. The predicted molar refractivity (Wildman–Crippen MR) is 95.1 cm³/mol. The lowest BCUT2D eigenvalue weighted by Crippen LogP contribution is -2.36. The van der Waals surface area contributed by atoms with E-state index >= 15 is 0 Å². The van der Waals surface area contributed by atoms with Crippen molar-refractivity contribution in [3.05, 3.63) is 15.6 Å². The molecule has 4 nitrogen and oxygen atoms in total. The second-order valence-electron chi connectivity index (χ2n) is 6.17. The first kappa shape index (κ1) is 19.7. The Kier molecular flexibility index (Phi) is 7.12. The van der Waals surface area contributed by atoms with Crippen molar-refractivity contribution in [1.29, 1.82) is 0 Å². The van der Waals surface area contributed by atoms with Gasteiger partial charge in [-0.2, -0.15) is 0 Å². The summed E-state index contributed by atoms with van der Waals surface area (Å²) in [5.74, 6) is 0.413. The topological polar surface area (TPSA) is 59.2 Å². The van der Waals surface area contributed by atoms with E-state index in [4.69, 9.17) is 5.73 Å². The number of carbonyl (C=O) groups excluding carboxylic acids is 1. The molecule has 7 heteroatoms. The molecule has 3 unspecified atom stereocenters. The first-order chi connectivity index (χ1) is 9.56. The van der Waals surface area contributed by atoms with Crippen LogP contribution >= 0.6 is 36.2 Å². The summed E-state index contributed by atoms with van der Waals surface area (Å²) in [6, 6.07) is 0.444. The number of carbonyl (C=O) groups is 1. The highest BCUT2D eigenvalue weighted by atomic mass is 35.5. The molecule has 1 fully saturated rings. The summed E-state index contributed by atoms with van der Waals surface area (Å²) >= 11 is 1.76. The van der Waals surface area contributed by atoms with Crippen LogP contribution in [-0.2, 0) is 11.2 Å². The van der Waals surface area contributed by atoms with E-state index in [-0.39, 0.29) is 48.7 Å². The molecule has 1 heterocycles. The highest BCUT2D eigenvalue weighted by Gasteiger charge is 2.35. The van der Waals surface area contributed by atoms with Crippen LogP contribution in [0.25, 0.3) is 0 Å². The Labute approximate surface area is 148 Å². The van der Waals surface area contributed by atoms with Gasteiger partial charge in [0.25, 0.3) is 0 Å². The van der Waals surface area contributed by atoms with Gasteiger partial charge in [0.15, 0.2) is 0 Å². The molecule has 2 N–H and O–H groups in total. The molecule has 0 aliphatic heterocycles. The summed E-state index contributed by atoms with van der Waals surface area (Å²) in [5, 5.41) is 1.12. The van der Waals surface area contributed by atoms with Gasteiger partial charge in [0.1, 0.15) is 0 Å². The Bertz CT molecular complexity index is 523. The van der Waals surface area contributed by atoms with E-state index in [1.807, 2.05) is 11.9 Å². The van der Waals surface area contributed by atoms with Crippen LogP contribution in [0, 0.1) is 12.8 Å². The van der Waals surface area contributed by atoms with E-state index in [2.05, 4.69) is 11.9 Å². The minimum absolute atomic E-state index is 0. The lowest BCUT2D eigenvalue weighted by atomic mass is 9.95. The van der Waals surface area contributed by atoms with Crippen molar-refractivity contribution in [3.8, 4) is 0 Å². The zero-order chi connectivity index (χ0) is 14.3. The molecule has 1 aromatic rings. The monoisotopic (exact) mass is 365 g/mol. The van der Waals surface area contributed by atoms with Crippen molar-refractivity contribution in [3.63, 3.8) is 0 Å². The second kappa shape index (κ2) is 7.95. The van der Waals surface area contributed by atoms with Gasteiger partial charge in [0.05, 0.1) is 21.6 Å². The van der Waals surface area contributed by atoms with E-state index in [1.165, 1.54) is 10.6 Å². The van der Waals surface area contributed by atoms with Crippen LogP contribution in [0.15, 0.2) is 0 Å². The number of rotatable bonds is 2. The number of aryl methyl sites for hydroxylation is 2. The van der Waals surface area contributed by atoms with E-state index < -0.39 is 0 Å². The third-order valence-electron chi connectivity index (χ3n) is 4.67. The molecule has 2 aliphatic rings. The number of hydrogen-bond donors (Lipinski definition) is 1. The lowest BCUT2D eigenvalue weighted by molar-refractivity contribution is -0.136. The summed E-state index contributed by atoms with van der Waals surface area (Å²) < 4.78 is 0. The average molecular weight is 366 g/mol. The molecule has 0 saturated heterocycles. The van der Waals surface area contributed by atoms with Gasteiger partial charge in [0.2, 0.25) is 5.91 Å². The number of halogens is 2. The van der Waals surface area contributed by atoms with Gasteiger partial charge in [-0.3, -0.25) is 4.79 Å². The number of hydrogen-bond acceptors (Lipinski definition) is 4. The van der Waals surface area contributed by atoms with Crippen LogP contribution in [0.3, 0.4) is 0 Å². The first-order valence-electron chi connectivity index (χ1n) is 7.54. The van der Waals surface area contributed by atoms with Gasteiger partial charge < -0.3 is 10.6 Å². The Hall–Kier alpha value is -0.360. The van der Waals surface area contributed by atoms with Gasteiger partial charge in [-0.1, -0.05) is 0 Å². The predicted octanol–water partition coefficient (Wildman–Crippen LogP) is 3.26. The van der Waals surface area contributed by atoms with Gasteiger partial charge in [-0.05, 0) is 45.4 Å². The molecule has 1 aromatic heterocycles. The normalized spacial score (nSPS) is 26.6. The number of fused-ring (bicyclic) bond motifs is 1. The maximum absolute atomic E-state index is 12.7. The largest absolute Gasteiger partial charge is 0.338 e. The maximum atomic E-state index is 12.7. The molecule has 1 saturated carbocycles. The summed E-state index contributed by atoms with van der Waals surface area (Å²) in [5.41, 5.74) is 7.16. The Morgan fingerprint density at radius 2 is 2.05 bits per heavy atom. The van der Waals surface area contributed by atoms with E-state index in [0.29, 0.717) is 0 Å². The molecular formula is C15H25Cl2N3OS. The van der Waals surface area contributed by atoms with Crippen molar-refractivity contribution in [1.82, 2.24) is 9.88 Å². The zero-order valence-corrected chi connectivity index (χ0v) is 15.5. The fourth-order valence-electron chi connectivity index (χ4n) is 3.57. The molecule has 0 aromatic carbocycles. The molecule has 0 bridgehead atoms. The van der Waals surface area contributed by atoms with Gasteiger partial charge >= 0.3 is 0 Å². The Morgan fingerprint density at radius 3 is 2.68 bits per heavy atom. The average Bonchev–Trinajstić information content (AvgIpc) is 3.01. The van der Waals surface area contributed by atoms with Crippen molar-refractivity contribution < 1.29 is 4.79 Å². The zero-order valence-electron chi connectivity index (χ0n) is 13.1. The highest BCUT2D eigenvalue weighted by Crippen LogP contribution is 2.38. The molecule has 0 spiro atoms. The Morgan fingerprint density at radius 1 is 1.32 bits per heavy atom. The van der Waals surface area contributed by atoms with Crippen molar-refractivity contribution in [2.75, 3.05) is 7.05 Å². The summed E-state index contributed by atoms with van der Waals surface area (Å²) in [6.07, 6.45) is 6.04. The fourth-order valence-corrected chi connectivity index (χ4v) is 4.72. The number of aromatic nitrogens is 1. The smallest absolute Gasteiger partial charge is 0.226 e. The number of amides is 1. The lowest BCUT2D eigenvalue weighted by Gasteiger charge is -2.32. The molecule has 3 rings (SSSR count). The van der Waals surface area contributed by atoms with Gasteiger partial charge in [-0.15, -0.1) is 36.2 Å². The van der Waals surface area contributed by atoms with Crippen molar-refractivity contribution in [2.24, 2.45) is 11.7 Å². The van der Waals surface area contributed by atoms with Crippen molar-refractivity contribution in [2.45, 2.75) is 57.5 Å². The number of nitrogens with two attached hydrogens (primary N) is 1. The van der Waals surface area contributed by atoms with Gasteiger partial charge in [0, 0.05) is 19.0 Å². The molecule has 126 valence electrons. The molecule has 1 amide bonds. The van der Waals surface area contributed by atoms with Crippen LogP contribution in [0.1, 0.15) is 53.7 Å². The quantitative estimate of drug-likeness (QED) is 0.874. The summed E-state index contributed by atoms with van der Waals surface area (Å²) in [7, 11) is 1.96. The van der Waals surface area contributed by atoms with Crippen molar-refractivity contribution >= 4 is 42.1 Å². The minimum Gasteiger partial charge on any atom is -0.338 e. The number of nitrogens with zero attached hydrogens (tertiary/aromatic N) is 2. The third kappa shape index (κ3) is 3.75. The molecule has 2 aliphatic carbocycles. The van der Waals surface area contributed by atoms with Gasteiger partial charge in [-0.25, -0.2) is 4.98 Å². The van der Waals surface area contributed by atoms with Crippen LogP contribution < -0.4 is 5.73 Å². The summed E-state index contributed by atoms with van der Waals surface area (Å²) in [6.45, 7) is 2.05. The van der Waals surface area contributed by atoms with Crippen LogP contribution in [0.4, 0.5) is 0 Å². The maximum Gasteiger partial charge on any atom is 0.226 e. The molecule has 3 atom stereocenters. The van der Waals surface area contributed by atoms with Crippen LogP contribution in [0.2, 0.25) is 0 Å². The Balaban J connectivity index is 0.00000121. The molecular weight excluding hydrogens is 341 g/mol. The fraction of sp³-hybridized carbons (Fsp3) is 0.733. The summed E-state index contributed by atoms with van der Waals surface area (Å²) in [4.78, 5) is 20.6. The van der Waals surface area contributed by atoms with Crippen LogP contribution in [0.5, 0.6) is 0 Å². The first-order valence-corrected chi connectivity index (χ1v) is 8.36.